The average molecular weight is 474 g/mol. The number of carbonyl (C=O) groups excluding carboxylic acids is 1. The second-order valence-electron chi connectivity index (χ2n) is 7.71. The van der Waals surface area contributed by atoms with E-state index in [0.717, 1.165) is 43.8 Å². The Morgan fingerprint density at radius 2 is 1.88 bits per heavy atom. The number of halogens is 2. The zero-order valence-electron chi connectivity index (χ0n) is 18.4. The maximum atomic E-state index is 14.0. The lowest BCUT2D eigenvalue weighted by molar-refractivity contribution is -0.115. The van der Waals surface area contributed by atoms with Crippen molar-refractivity contribution >= 4 is 29.3 Å². The molecule has 33 heavy (non-hydrogen) atoms. The molecule has 0 bridgehead atoms. The van der Waals surface area contributed by atoms with Crippen LogP contribution in [-0.2, 0) is 4.79 Å². The van der Waals surface area contributed by atoms with Crippen molar-refractivity contribution in [3.63, 3.8) is 0 Å². The van der Waals surface area contributed by atoms with Gasteiger partial charge in [0, 0.05) is 19.2 Å². The van der Waals surface area contributed by atoms with Gasteiger partial charge in [0.05, 0.1) is 23.7 Å². The summed E-state index contributed by atoms with van der Waals surface area (Å²) in [6, 6.07) is 10.6. The fourth-order valence-corrected chi connectivity index (χ4v) is 4.56. The Morgan fingerprint density at radius 3 is 2.61 bits per heavy atom. The van der Waals surface area contributed by atoms with E-state index in [4.69, 9.17) is 4.74 Å². The van der Waals surface area contributed by atoms with Crippen molar-refractivity contribution in [2.24, 2.45) is 0 Å². The minimum atomic E-state index is -0.829. The molecule has 1 N–H and O–H groups in total. The summed E-state index contributed by atoms with van der Waals surface area (Å²) < 4.78 is 34.6. The first kappa shape index (κ1) is 23.0. The number of nitrogens with one attached hydrogen (secondary N) is 1. The Balaban J connectivity index is 1.62. The Kier molecular flexibility index (Phi) is 7.12. The number of thioether (sulfide) groups is 1. The van der Waals surface area contributed by atoms with E-state index >= 15 is 0 Å². The van der Waals surface area contributed by atoms with Gasteiger partial charge in [-0.1, -0.05) is 23.9 Å². The monoisotopic (exact) mass is 473 g/mol. The number of ether oxygens (including phenoxy) is 1. The number of aromatic nitrogens is 3. The summed E-state index contributed by atoms with van der Waals surface area (Å²) in [4.78, 5) is 14.9. The zero-order chi connectivity index (χ0) is 23.4. The highest BCUT2D eigenvalue weighted by atomic mass is 32.2. The van der Waals surface area contributed by atoms with E-state index in [0.29, 0.717) is 16.9 Å². The molecule has 1 fully saturated rings. The largest absolute Gasteiger partial charge is 0.495 e. The fraction of sp³-hybridized carbons (Fsp3) is 0.348. The molecule has 1 atom stereocenters. The van der Waals surface area contributed by atoms with Gasteiger partial charge in [0.25, 0.3) is 0 Å². The summed E-state index contributed by atoms with van der Waals surface area (Å²) >= 11 is 1.20. The third-order valence-corrected chi connectivity index (χ3v) is 6.46. The van der Waals surface area contributed by atoms with Crippen molar-refractivity contribution in [1.29, 1.82) is 0 Å². The van der Waals surface area contributed by atoms with Crippen molar-refractivity contribution in [3.8, 4) is 11.4 Å². The molecule has 0 aliphatic carbocycles. The first-order valence-electron chi connectivity index (χ1n) is 10.7. The standard InChI is InChI=1S/C23H25F2N5O2S/c1-15(21(31)26-18-11-10-16(24)14-17(18)25)33-23-28-27-22(29-12-6-3-7-13-29)30(23)19-8-4-5-9-20(19)32-2/h4-5,8-11,14-15H,3,6-7,12-13H2,1-2H3,(H,26,31). The number of nitrogens with zero attached hydrogens (tertiary/aromatic N) is 4. The lowest BCUT2D eigenvalue weighted by Crippen LogP contribution is -2.32. The lowest BCUT2D eigenvalue weighted by Gasteiger charge is -2.28. The van der Waals surface area contributed by atoms with Crippen LogP contribution in [0.1, 0.15) is 26.2 Å². The smallest absolute Gasteiger partial charge is 0.237 e. The van der Waals surface area contributed by atoms with Gasteiger partial charge < -0.3 is 15.0 Å². The molecule has 1 aliphatic heterocycles. The first-order valence-corrected chi connectivity index (χ1v) is 11.6. The minimum Gasteiger partial charge on any atom is -0.495 e. The molecule has 1 aliphatic rings. The van der Waals surface area contributed by atoms with Gasteiger partial charge in [0.1, 0.15) is 17.4 Å². The number of anilines is 2. The van der Waals surface area contributed by atoms with Crippen molar-refractivity contribution in [2.75, 3.05) is 30.4 Å². The number of hydrogen-bond donors (Lipinski definition) is 1. The highest BCUT2D eigenvalue weighted by Crippen LogP contribution is 2.34. The maximum Gasteiger partial charge on any atom is 0.237 e. The van der Waals surface area contributed by atoms with Crippen LogP contribution in [0.3, 0.4) is 0 Å². The highest BCUT2D eigenvalue weighted by molar-refractivity contribution is 8.00. The van der Waals surface area contributed by atoms with E-state index < -0.39 is 22.8 Å². The molecule has 174 valence electrons. The molecule has 0 radical (unpaired) electrons. The quantitative estimate of drug-likeness (QED) is 0.503. The van der Waals surface area contributed by atoms with E-state index in [-0.39, 0.29) is 5.69 Å². The Bertz CT molecular complexity index is 1130. The van der Waals surface area contributed by atoms with Gasteiger partial charge in [-0.05, 0) is 50.5 Å². The maximum absolute atomic E-state index is 14.0. The van der Waals surface area contributed by atoms with E-state index in [1.807, 2.05) is 28.8 Å². The number of amides is 1. The van der Waals surface area contributed by atoms with Crippen LogP contribution in [0.15, 0.2) is 47.6 Å². The van der Waals surface area contributed by atoms with Crippen LogP contribution < -0.4 is 15.0 Å². The summed E-state index contributed by atoms with van der Waals surface area (Å²) in [5.74, 6) is -0.616. The minimum absolute atomic E-state index is 0.0750. The van der Waals surface area contributed by atoms with Crippen LogP contribution in [0.5, 0.6) is 5.75 Å². The fourth-order valence-electron chi connectivity index (χ4n) is 3.70. The van der Waals surface area contributed by atoms with Gasteiger partial charge in [-0.2, -0.15) is 0 Å². The lowest BCUT2D eigenvalue weighted by atomic mass is 10.1. The van der Waals surface area contributed by atoms with Crippen LogP contribution in [0.4, 0.5) is 20.4 Å². The van der Waals surface area contributed by atoms with Crippen molar-refractivity contribution in [3.05, 3.63) is 54.1 Å². The van der Waals surface area contributed by atoms with Crippen molar-refractivity contribution < 1.29 is 18.3 Å². The molecule has 1 saturated heterocycles. The van der Waals surface area contributed by atoms with Crippen LogP contribution >= 0.6 is 11.8 Å². The molecule has 2 aromatic carbocycles. The van der Waals surface area contributed by atoms with Crippen molar-refractivity contribution in [1.82, 2.24) is 14.8 Å². The number of carbonyl (C=O) groups is 1. The Labute approximate surface area is 195 Å². The van der Waals surface area contributed by atoms with Crippen molar-refractivity contribution in [2.45, 2.75) is 36.6 Å². The van der Waals surface area contributed by atoms with Crippen LogP contribution in [0.2, 0.25) is 0 Å². The molecule has 7 nitrogen and oxygen atoms in total. The van der Waals surface area contributed by atoms with Gasteiger partial charge in [-0.15, -0.1) is 10.2 Å². The van der Waals surface area contributed by atoms with Crippen LogP contribution in [-0.4, -0.2) is 46.1 Å². The Morgan fingerprint density at radius 1 is 1.12 bits per heavy atom. The normalized spacial score (nSPS) is 14.7. The van der Waals surface area contributed by atoms with Gasteiger partial charge in [0.15, 0.2) is 5.16 Å². The summed E-state index contributed by atoms with van der Waals surface area (Å²) in [7, 11) is 1.60. The van der Waals surface area contributed by atoms with E-state index in [9.17, 15) is 13.6 Å². The van der Waals surface area contributed by atoms with Gasteiger partial charge >= 0.3 is 0 Å². The molecule has 10 heteroatoms. The molecule has 0 spiro atoms. The van der Waals surface area contributed by atoms with Gasteiger partial charge in [-0.3, -0.25) is 9.36 Å². The second kappa shape index (κ2) is 10.2. The number of para-hydroxylation sites is 2. The molecule has 1 unspecified atom stereocenters. The van der Waals surface area contributed by atoms with Crippen LogP contribution in [0.25, 0.3) is 5.69 Å². The predicted octanol–water partition coefficient (Wildman–Crippen LogP) is 4.66. The molecule has 3 aromatic rings. The number of hydrogen-bond acceptors (Lipinski definition) is 6. The zero-order valence-corrected chi connectivity index (χ0v) is 19.2. The summed E-state index contributed by atoms with van der Waals surface area (Å²) in [5, 5.41) is 11.2. The topological polar surface area (TPSA) is 72.3 Å². The summed E-state index contributed by atoms with van der Waals surface area (Å²) in [6.07, 6.45) is 3.32. The van der Waals surface area contributed by atoms with E-state index in [2.05, 4.69) is 20.4 Å². The van der Waals surface area contributed by atoms with E-state index in [1.165, 1.54) is 24.2 Å². The molecule has 2 heterocycles. The number of rotatable bonds is 7. The number of benzene rings is 2. The molecule has 1 aromatic heterocycles. The average Bonchev–Trinajstić information content (AvgIpc) is 3.24. The second-order valence-corrected chi connectivity index (χ2v) is 9.02. The molecule has 4 rings (SSSR count). The first-order chi connectivity index (χ1) is 16.0. The Hall–Kier alpha value is -3.14. The third-order valence-electron chi connectivity index (χ3n) is 5.42. The predicted molar refractivity (Wildman–Crippen MR) is 124 cm³/mol. The number of methoxy groups -OCH3 is 1. The number of piperidine rings is 1. The van der Waals surface area contributed by atoms with Crippen LogP contribution in [0, 0.1) is 11.6 Å². The third kappa shape index (κ3) is 5.11. The highest BCUT2D eigenvalue weighted by Gasteiger charge is 2.26. The molecular formula is C23H25F2N5O2S. The van der Waals surface area contributed by atoms with Gasteiger partial charge in [0.2, 0.25) is 11.9 Å². The molecular weight excluding hydrogens is 448 g/mol. The molecule has 0 saturated carbocycles. The molecule has 1 amide bonds. The summed E-state index contributed by atoms with van der Waals surface area (Å²) in [6.45, 7) is 3.44. The van der Waals surface area contributed by atoms with Gasteiger partial charge in [-0.25, -0.2) is 8.78 Å². The van der Waals surface area contributed by atoms with E-state index in [1.54, 1.807) is 14.0 Å². The summed E-state index contributed by atoms with van der Waals surface area (Å²) in [5.41, 5.74) is 0.694. The SMILES string of the molecule is COc1ccccc1-n1c(SC(C)C(=O)Nc2ccc(F)cc2F)nnc1N1CCCCC1.